The van der Waals surface area contributed by atoms with E-state index in [2.05, 4.69) is 19.7 Å². The van der Waals surface area contributed by atoms with Gasteiger partial charge in [0, 0.05) is 42.3 Å². The lowest BCUT2D eigenvalue weighted by molar-refractivity contribution is -0.131. The highest BCUT2D eigenvalue weighted by Gasteiger charge is 2.33. The molecule has 0 radical (unpaired) electrons. The maximum absolute atomic E-state index is 12.6. The minimum Gasteiger partial charge on any atom is -0.342 e. The first-order valence-corrected chi connectivity index (χ1v) is 10.4. The number of carbonyl (C=O) groups excluding carboxylic acids is 1. The molecule has 0 N–H and O–H groups in total. The van der Waals surface area contributed by atoms with Gasteiger partial charge in [0.2, 0.25) is 5.91 Å². The Morgan fingerprint density at radius 3 is 2.68 bits per heavy atom. The van der Waals surface area contributed by atoms with Crippen LogP contribution in [0.3, 0.4) is 0 Å². The number of hydrogen-bond acceptors (Lipinski definition) is 5. The van der Waals surface area contributed by atoms with Crippen molar-refractivity contribution in [3.8, 4) is 0 Å². The summed E-state index contributed by atoms with van der Waals surface area (Å²) in [6.45, 7) is 1.76. The van der Waals surface area contributed by atoms with E-state index in [1.807, 2.05) is 29.9 Å². The molecule has 1 aromatic rings. The molecule has 0 bridgehead atoms. The Morgan fingerprint density at radius 2 is 2.00 bits per heavy atom. The zero-order valence-corrected chi connectivity index (χ0v) is 14.3. The molecule has 1 amide bonds. The van der Waals surface area contributed by atoms with Gasteiger partial charge in [-0.25, -0.2) is 0 Å². The van der Waals surface area contributed by atoms with E-state index >= 15 is 0 Å². The fourth-order valence-electron chi connectivity index (χ4n) is 3.37. The molecule has 0 aromatic carbocycles. The van der Waals surface area contributed by atoms with Crippen molar-refractivity contribution in [2.24, 2.45) is 0 Å². The average molecular weight is 339 g/mol. The Hall–Kier alpha value is -0.690. The van der Waals surface area contributed by atoms with E-state index in [-0.39, 0.29) is 5.25 Å². The van der Waals surface area contributed by atoms with Crippen molar-refractivity contribution in [3.63, 3.8) is 0 Å². The van der Waals surface area contributed by atoms with Crippen molar-refractivity contribution in [1.29, 1.82) is 0 Å². The summed E-state index contributed by atoms with van der Waals surface area (Å²) in [5.74, 6) is 5.27. The summed E-state index contributed by atoms with van der Waals surface area (Å²) < 4.78 is 2.27. The number of hydrogen-bond donors (Lipinski definition) is 0. The predicted octanol–water partition coefficient (Wildman–Crippen LogP) is 2.17. The van der Waals surface area contributed by atoms with Crippen LogP contribution in [-0.4, -0.2) is 61.2 Å². The number of amides is 1. The van der Waals surface area contributed by atoms with Crippen molar-refractivity contribution in [1.82, 2.24) is 19.7 Å². The first kappa shape index (κ1) is 14.9. The van der Waals surface area contributed by atoms with Crippen LogP contribution in [0.25, 0.3) is 0 Å². The molecule has 1 aliphatic carbocycles. The summed E-state index contributed by atoms with van der Waals surface area (Å²) in [6.07, 6.45) is 6.47. The number of nitrogens with zero attached hydrogens (tertiary/aromatic N) is 4. The second-order valence-corrected chi connectivity index (χ2v) is 8.82. The number of likely N-dealkylation sites (tertiary alicyclic amines) is 1. The molecular formula is C15H22N4OS2. The van der Waals surface area contributed by atoms with Gasteiger partial charge in [0.05, 0.1) is 5.25 Å². The summed E-state index contributed by atoms with van der Waals surface area (Å²) in [5, 5.41) is 8.66. The van der Waals surface area contributed by atoms with Crippen LogP contribution < -0.4 is 0 Å². The van der Waals surface area contributed by atoms with E-state index in [4.69, 9.17) is 0 Å². The average Bonchev–Trinajstić information content (AvgIpc) is 3.32. The van der Waals surface area contributed by atoms with Crippen LogP contribution in [0.4, 0.5) is 0 Å². The van der Waals surface area contributed by atoms with E-state index in [9.17, 15) is 4.79 Å². The Bertz CT molecular complexity index is 531. The largest absolute Gasteiger partial charge is 0.342 e. The minimum atomic E-state index is 0.186. The lowest BCUT2D eigenvalue weighted by Crippen LogP contribution is -2.44. The maximum atomic E-state index is 12.6. The van der Waals surface area contributed by atoms with Crippen molar-refractivity contribution in [2.45, 2.75) is 42.9 Å². The first-order valence-electron chi connectivity index (χ1n) is 8.20. The van der Waals surface area contributed by atoms with Gasteiger partial charge >= 0.3 is 0 Å². The van der Waals surface area contributed by atoms with Crippen LogP contribution in [0.1, 0.15) is 43.5 Å². The van der Waals surface area contributed by atoms with Crippen LogP contribution in [0.15, 0.2) is 6.33 Å². The molecule has 3 fully saturated rings. The number of thioether (sulfide) groups is 2. The van der Waals surface area contributed by atoms with Crippen LogP contribution in [0.5, 0.6) is 0 Å². The maximum Gasteiger partial charge on any atom is 0.236 e. The molecule has 1 saturated carbocycles. The molecule has 120 valence electrons. The highest BCUT2D eigenvalue weighted by Crippen LogP contribution is 2.38. The lowest BCUT2D eigenvalue weighted by atomic mass is 9.95. The minimum absolute atomic E-state index is 0.186. The third kappa shape index (κ3) is 3.02. The third-order valence-corrected chi connectivity index (χ3v) is 7.55. The SMILES string of the molecule is O=C(C1CSCCS1)N1CCC(c2nncn2C2CC2)CC1. The quantitative estimate of drug-likeness (QED) is 0.845. The van der Waals surface area contributed by atoms with Crippen LogP contribution in [-0.2, 0) is 4.79 Å². The number of carbonyl (C=O) groups is 1. The Morgan fingerprint density at radius 1 is 1.18 bits per heavy atom. The van der Waals surface area contributed by atoms with Crippen LogP contribution in [0.2, 0.25) is 0 Å². The molecular weight excluding hydrogens is 316 g/mol. The highest BCUT2D eigenvalue weighted by molar-refractivity contribution is 8.07. The molecule has 3 aliphatic rings. The zero-order valence-electron chi connectivity index (χ0n) is 12.7. The van der Waals surface area contributed by atoms with Gasteiger partial charge in [-0.05, 0) is 25.7 Å². The van der Waals surface area contributed by atoms with Crippen molar-refractivity contribution < 1.29 is 4.79 Å². The Balaban J connectivity index is 1.35. The molecule has 4 rings (SSSR count). The fourth-order valence-corrected chi connectivity index (χ4v) is 6.00. The second kappa shape index (κ2) is 6.43. The first-order chi connectivity index (χ1) is 10.8. The van der Waals surface area contributed by atoms with Gasteiger partial charge in [-0.1, -0.05) is 0 Å². The third-order valence-electron chi connectivity index (χ3n) is 4.80. The van der Waals surface area contributed by atoms with E-state index in [1.54, 1.807) is 0 Å². The van der Waals surface area contributed by atoms with Crippen LogP contribution >= 0.6 is 23.5 Å². The number of piperidine rings is 1. The van der Waals surface area contributed by atoms with Crippen molar-refractivity contribution in [2.75, 3.05) is 30.3 Å². The normalized spacial score (nSPS) is 27.1. The van der Waals surface area contributed by atoms with Gasteiger partial charge in [-0.3, -0.25) is 4.79 Å². The summed E-state index contributed by atoms with van der Waals surface area (Å²) in [6, 6.07) is 0.639. The molecule has 1 aromatic heterocycles. The van der Waals surface area contributed by atoms with E-state index in [1.165, 1.54) is 18.6 Å². The summed E-state index contributed by atoms with van der Waals surface area (Å²) in [7, 11) is 0. The summed E-state index contributed by atoms with van der Waals surface area (Å²) in [5.41, 5.74) is 0. The topological polar surface area (TPSA) is 51.0 Å². The molecule has 3 heterocycles. The van der Waals surface area contributed by atoms with Crippen LogP contribution in [0, 0.1) is 0 Å². The number of rotatable bonds is 3. The molecule has 1 atom stereocenters. The molecule has 7 heteroatoms. The molecule has 0 spiro atoms. The van der Waals surface area contributed by atoms with Gasteiger partial charge in [-0.15, -0.1) is 22.0 Å². The molecule has 22 heavy (non-hydrogen) atoms. The smallest absolute Gasteiger partial charge is 0.236 e. The van der Waals surface area contributed by atoms with Gasteiger partial charge < -0.3 is 9.47 Å². The summed E-state index contributed by atoms with van der Waals surface area (Å²) >= 11 is 3.76. The highest BCUT2D eigenvalue weighted by atomic mass is 32.2. The molecule has 2 saturated heterocycles. The number of aromatic nitrogens is 3. The van der Waals surface area contributed by atoms with Gasteiger partial charge in [0.25, 0.3) is 0 Å². The van der Waals surface area contributed by atoms with E-state index < -0.39 is 0 Å². The zero-order chi connectivity index (χ0) is 14.9. The van der Waals surface area contributed by atoms with E-state index in [0.717, 1.165) is 43.3 Å². The standard InChI is InChI=1S/C15H22N4OS2/c20-15(13-9-21-7-8-22-13)18-5-3-11(4-6-18)14-17-16-10-19(14)12-1-2-12/h10-13H,1-9H2. The summed E-state index contributed by atoms with van der Waals surface area (Å²) in [4.78, 5) is 14.7. The predicted molar refractivity (Wildman–Crippen MR) is 90.4 cm³/mol. The molecule has 2 aliphatic heterocycles. The van der Waals surface area contributed by atoms with Gasteiger partial charge in [0.1, 0.15) is 12.2 Å². The fraction of sp³-hybridized carbons (Fsp3) is 0.800. The van der Waals surface area contributed by atoms with Crippen molar-refractivity contribution >= 4 is 29.4 Å². The molecule has 1 unspecified atom stereocenters. The Kier molecular flexibility index (Phi) is 4.35. The second-order valence-electron chi connectivity index (χ2n) is 6.36. The van der Waals surface area contributed by atoms with E-state index in [0.29, 0.717) is 17.9 Å². The van der Waals surface area contributed by atoms with Crippen molar-refractivity contribution in [3.05, 3.63) is 12.2 Å². The lowest BCUT2D eigenvalue weighted by Gasteiger charge is -2.34. The van der Waals surface area contributed by atoms with Gasteiger partial charge in [-0.2, -0.15) is 11.8 Å². The van der Waals surface area contributed by atoms with Gasteiger partial charge in [0.15, 0.2) is 0 Å². The molecule has 5 nitrogen and oxygen atoms in total. The Labute approximate surface area is 139 Å². The monoisotopic (exact) mass is 338 g/mol.